The molecule has 5 aliphatic rings. The molecule has 164 valence electrons. The fourth-order valence-electron chi connectivity index (χ4n) is 7.12. The highest BCUT2D eigenvalue weighted by atomic mass is 19.2. The molecule has 29 heavy (non-hydrogen) atoms. The number of hydrogen-bond donors (Lipinski definition) is 0. The molecular weight excluding hydrogens is 377 g/mol. The second-order valence-corrected chi connectivity index (χ2v) is 10.4. The molecule has 5 atom stereocenters. The highest BCUT2D eigenvalue weighted by Crippen LogP contribution is 2.50. The molecule has 0 aromatic rings. The van der Waals surface area contributed by atoms with E-state index in [9.17, 15) is 13.2 Å². The van der Waals surface area contributed by atoms with E-state index >= 15 is 0 Å². The molecule has 1 aliphatic heterocycles. The Kier molecular flexibility index (Phi) is 5.74. The third-order valence-corrected chi connectivity index (χ3v) is 8.82. The van der Waals surface area contributed by atoms with Gasteiger partial charge >= 0.3 is 0 Å². The highest BCUT2D eigenvalue weighted by molar-refractivity contribution is 5.16. The van der Waals surface area contributed by atoms with E-state index in [2.05, 4.69) is 6.08 Å². The minimum Gasteiger partial charge on any atom is -0.348 e. The van der Waals surface area contributed by atoms with E-state index in [1.165, 1.54) is 37.7 Å². The van der Waals surface area contributed by atoms with Crippen molar-refractivity contribution in [1.29, 1.82) is 0 Å². The van der Waals surface area contributed by atoms with Crippen LogP contribution in [0.1, 0.15) is 70.6 Å². The van der Waals surface area contributed by atoms with Crippen molar-refractivity contribution in [2.45, 2.75) is 94.9 Å². The summed E-state index contributed by atoms with van der Waals surface area (Å²) in [5, 5.41) is 0. The number of ether oxygens (including phenoxy) is 2. The molecule has 3 saturated carbocycles. The van der Waals surface area contributed by atoms with Crippen LogP contribution in [-0.4, -0.2) is 37.5 Å². The third kappa shape index (κ3) is 4.03. The van der Waals surface area contributed by atoms with E-state index in [1.54, 1.807) is 0 Å². The predicted octanol–water partition coefficient (Wildman–Crippen LogP) is 6.10. The van der Waals surface area contributed by atoms with Crippen LogP contribution in [0.3, 0.4) is 0 Å². The molecule has 0 bridgehead atoms. The Balaban J connectivity index is 1.17. The van der Waals surface area contributed by atoms with E-state index < -0.39 is 18.5 Å². The van der Waals surface area contributed by atoms with Crippen molar-refractivity contribution in [2.24, 2.45) is 29.6 Å². The first-order valence-corrected chi connectivity index (χ1v) is 11.9. The van der Waals surface area contributed by atoms with Crippen LogP contribution in [0.5, 0.6) is 0 Å². The quantitative estimate of drug-likeness (QED) is 0.511. The van der Waals surface area contributed by atoms with Crippen LogP contribution in [0.4, 0.5) is 13.2 Å². The van der Waals surface area contributed by atoms with Gasteiger partial charge < -0.3 is 9.47 Å². The molecule has 0 amide bonds. The number of halogens is 3. The van der Waals surface area contributed by atoms with Crippen molar-refractivity contribution in [1.82, 2.24) is 0 Å². The molecule has 2 nitrogen and oxygen atoms in total. The lowest BCUT2D eigenvalue weighted by molar-refractivity contribution is -0.185. The zero-order valence-electron chi connectivity index (χ0n) is 17.3. The second kappa shape index (κ2) is 8.18. The van der Waals surface area contributed by atoms with Crippen molar-refractivity contribution >= 4 is 0 Å². The van der Waals surface area contributed by atoms with Crippen molar-refractivity contribution in [2.75, 3.05) is 13.2 Å². The van der Waals surface area contributed by atoms with E-state index in [1.807, 2.05) is 0 Å². The monoisotopic (exact) mass is 412 g/mol. The van der Waals surface area contributed by atoms with Crippen LogP contribution in [0.15, 0.2) is 11.6 Å². The Morgan fingerprint density at radius 1 is 0.759 bits per heavy atom. The third-order valence-electron chi connectivity index (χ3n) is 8.82. The van der Waals surface area contributed by atoms with E-state index in [-0.39, 0.29) is 24.5 Å². The summed E-state index contributed by atoms with van der Waals surface area (Å²) < 4.78 is 53.0. The SMILES string of the molecule is FC1CC(C2=CC3CCC(C4CCC5(CC4)OCCO5)CC3CC2)CC(F)C1F. The van der Waals surface area contributed by atoms with Crippen LogP contribution >= 0.6 is 0 Å². The fourth-order valence-corrected chi connectivity index (χ4v) is 7.12. The van der Waals surface area contributed by atoms with Crippen LogP contribution in [0.25, 0.3) is 0 Å². The molecule has 4 aliphatic carbocycles. The van der Waals surface area contributed by atoms with Gasteiger partial charge in [-0.15, -0.1) is 0 Å². The van der Waals surface area contributed by atoms with Gasteiger partial charge in [-0.3, -0.25) is 0 Å². The molecule has 5 unspecified atom stereocenters. The normalized spacial score (nSPS) is 45.8. The minimum atomic E-state index is -1.92. The zero-order chi connectivity index (χ0) is 20.0. The first kappa shape index (κ1) is 20.4. The van der Waals surface area contributed by atoms with Crippen molar-refractivity contribution < 1.29 is 22.6 Å². The van der Waals surface area contributed by atoms with Gasteiger partial charge in [-0.2, -0.15) is 0 Å². The molecule has 5 rings (SSSR count). The summed E-state index contributed by atoms with van der Waals surface area (Å²) in [6, 6.07) is 0. The summed E-state index contributed by atoms with van der Waals surface area (Å²) in [5.41, 5.74) is 1.22. The number of fused-ring (bicyclic) bond motifs is 1. The summed E-state index contributed by atoms with van der Waals surface area (Å²) in [7, 11) is 0. The summed E-state index contributed by atoms with van der Waals surface area (Å²) in [6.45, 7) is 1.48. The average molecular weight is 413 g/mol. The zero-order valence-corrected chi connectivity index (χ0v) is 17.3. The van der Waals surface area contributed by atoms with Crippen LogP contribution in [-0.2, 0) is 9.47 Å². The van der Waals surface area contributed by atoms with Gasteiger partial charge in [0.15, 0.2) is 12.0 Å². The van der Waals surface area contributed by atoms with Gasteiger partial charge in [0.05, 0.1) is 13.2 Å². The Morgan fingerprint density at radius 3 is 2.14 bits per heavy atom. The Morgan fingerprint density at radius 2 is 1.45 bits per heavy atom. The maximum Gasteiger partial charge on any atom is 0.168 e. The molecule has 1 spiro atoms. The summed E-state index contributed by atoms with van der Waals surface area (Å²) in [4.78, 5) is 0. The summed E-state index contributed by atoms with van der Waals surface area (Å²) >= 11 is 0. The van der Waals surface area contributed by atoms with Gasteiger partial charge in [-0.25, -0.2) is 13.2 Å². The first-order valence-electron chi connectivity index (χ1n) is 11.9. The smallest absolute Gasteiger partial charge is 0.168 e. The Bertz CT molecular complexity index is 595. The van der Waals surface area contributed by atoms with Gasteiger partial charge in [-0.1, -0.05) is 11.6 Å². The maximum atomic E-state index is 13.9. The van der Waals surface area contributed by atoms with Crippen LogP contribution in [0, 0.1) is 29.6 Å². The number of rotatable bonds is 2. The molecule has 1 heterocycles. The van der Waals surface area contributed by atoms with Crippen LogP contribution < -0.4 is 0 Å². The lowest BCUT2D eigenvalue weighted by atomic mass is 9.62. The second-order valence-electron chi connectivity index (χ2n) is 10.4. The van der Waals surface area contributed by atoms with Gasteiger partial charge in [0.1, 0.15) is 12.3 Å². The van der Waals surface area contributed by atoms with Crippen molar-refractivity contribution in [3.05, 3.63) is 11.6 Å². The summed E-state index contributed by atoms with van der Waals surface area (Å²) in [6.07, 6.45) is 7.84. The van der Waals surface area contributed by atoms with Crippen molar-refractivity contribution in [3.63, 3.8) is 0 Å². The van der Waals surface area contributed by atoms with E-state index in [0.717, 1.165) is 50.7 Å². The Hall–Kier alpha value is -0.550. The molecule has 0 N–H and O–H groups in total. The topological polar surface area (TPSA) is 18.5 Å². The lowest BCUT2D eigenvalue weighted by Crippen LogP contribution is -2.40. The van der Waals surface area contributed by atoms with Gasteiger partial charge in [-0.05, 0) is 87.4 Å². The van der Waals surface area contributed by atoms with Gasteiger partial charge in [0, 0.05) is 12.8 Å². The molecule has 0 aromatic carbocycles. The largest absolute Gasteiger partial charge is 0.348 e. The lowest BCUT2D eigenvalue weighted by Gasteiger charge is -2.45. The molecule has 0 aromatic heterocycles. The Labute approximate surface area is 172 Å². The van der Waals surface area contributed by atoms with Gasteiger partial charge in [0.25, 0.3) is 0 Å². The first-order chi connectivity index (χ1) is 14.0. The highest BCUT2D eigenvalue weighted by Gasteiger charge is 2.45. The van der Waals surface area contributed by atoms with E-state index in [0.29, 0.717) is 11.8 Å². The average Bonchev–Trinajstić information content (AvgIpc) is 3.19. The maximum absolute atomic E-state index is 13.9. The minimum absolute atomic E-state index is 0.0911. The molecule has 0 radical (unpaired) electrons. The molecule has 4 fully saturated rings. The fraction of sp³-hybridized carbons (Fsp3) is 0.917. The van der Waals surface area contributed by atoms with Gasteiger partial charge in [0.2, 0.25) is 0 Å². The number of alkyl halides is 3. The van der Waals surface area contributed by atoms with Crippen LogP contribution in [0.2, 0.25) is 0 Å². The molecule has 5 heteroatoms. The number of allylic oxidation sites excluding steroid dienone is 2. The standard InChI is InChI=1S/C24H35F3O2/c25-21-13-20(14-22(26)23(21)27)19-4-3-17-11-16(1-2-18(17)12-19)15-5-7-24(8-6-15)28-9-10-29-24/h12,15-18,20-23H,1-11,13-14H2. The predicted molar refractivity (Wildman–Crippen MR) is 106 cm³/mol. The number of hydrogen-bond acceptors (Lipinski definition) is 2. The molecular formula is C24H35F3O2. The summed E-state index contributed by atoms with van der Waals surface area (Å²) in [5.74, 6) is 2.51. The van der Waals surface area contributed by atoms with E-state index in [4.69, 9.17) is 9.47 Å². The van der Waals surface area contributed by atoms with Crippen molar-refractivity contribution in [3.8, 4) is 0 Å². The molecule has 1 saturated heterocycles.